The van der Waals surface area contributed by atoms with Gasteiger partial charge in [-0.1, -0.05) is 38.5 Å². The first-order chi connectivity index (χ1) is 20.5. The first-order valence-corrected chi connectivity index (χ1v) is 15.3. The molecule has 0 fully saturated rings. The summed E-state index contributed by atoms with van der Waals surface area (Å²) in [5, 5.41) is 59.8. The molecule has 15 nitrogen and oxygen atoms in total. The van der Waals surface area contributed by atoms with Crippen molar-refractivity contribution in [1.29, 1.82) is 0 Å². The summed E-state index contributed by atoms with van der Waals surface area (Å²) in [6, 6.07) is -2.48. The highest BCUT2D eigenvalue weighted by Crippen LogP contribution is 2.07. The Morgan fingerprint density at radius 3 is 1.35 bits per heavy atom. The van der Waals surface area contributed by atoms with Gasteiger partial charge in [-0.15, -0.1) is 0 Å². The second-order valence-electron chi connectivity index (χ2n) is 10.6. The topological polar surface area (TPSA) is 247 Å². The zero-order valence-electron chi connectivity index (χ0n) is 25.2. The summed E-state index contributed by atoms with van der Waals surface area (Å²) >= 11 is 0. The number of nitrogens with one attached hydrogen (secondary N) is 5. The summed E-state index contributed by atoms with van der Waals surface area (Å²) in [6.07, 6.45) is 9.69. The number of aliphatic carboxylic acids is 5. The summed E-state index contributed by atoms with van der Waals surface area (Å²) < 4.78 is 0. The molecule has 3 unspecified atom stereocenters. The lowest BCUT2D eigenvalue weighted by atomic mass is 10.1. The van der Waals surface area contributed by atoms with E-state index < -0.39 is 48.0 Å². The third-order valence-electron chi connectivity index (χ3n) is 6.88. The number of hydrogen-bond acceptors (Lipinski definition) is 10. The van der Waals surface area contributed by atoms with Gasteiger partial charge in [-0.2, -0.15) is 0 Å². The molecular formula is C28H53N5O10. The maximum Gasteiger partial charge on any atom is 0.320 e. The van der Waals surface area contributed by atoms with E-state index >= 15 is 0 Å². The summed E-state index contributed by atoms with van der Waals surface area (Å²) in [5.74, 6) is -5.08. The fraction of sp³-hybridized carbons (Fsp3) is 0.821. The van der Waals surface area contributed by atoms with Crippen LogP contribution in [0.3, 0.4) is 0 Å². The summed E-state index contributed by atoms with van der Waals surface area (Å²) in [6.45, 7) is 2.72. The van der Waals surface area contributed by atoms with E-state index in [2.05, 4.69) is 26.6 Å². The molecule has 3 atom stereocenters. The van der Waals surface area contributed by atoms with Gasteiger partial charge in [-0.25, -0.2) is 0 Å². The van der Waals surface area contributed by atoms with Gasteiger partial charge in [0.25, 0.3) is 0 Å². The van der Waals surface area contributed by atoms with Crippen LogP contribution in [0.25, 0.3) is 0 Å². The first-order valence-electron chi connectivity index (χ1n) is 15.3. The van der Waals surface area contributed by atoms with Gasteiger partial charge in [0.2, 0.25) is 0 Å². The average Bonchev–Trinajstić information content (AvgIpc) is 2.93. The van der Waals surface area contributed by atoms with Crippen molar-refractivity contribution in [1.82, 2.24) is 26.6 Å². The highest BCUT2D eigenvalue weighted by molar-refractivity contribution is 5.75. The number of carboxylic acids is 5. The van der Waals surface area contributed by atoms with Crippen LogP contribution in [-0.2, 0) is 24.0 Å². The standard InChI is InChI=1S/C28H53N5O10/c34-24(35)14-13-23(28(42)43)33-20-32-22(27(40)41)12-5-9-16-29-15-7-3-1-2-4-8-18-31-21(26(38)39)11-6-10-17-30-19-25(36)37/h21-23,29-33H,1-20H2,(H,34,35)(H,36,37)(H,38,39)(H,40,41)(H,42,43). The maximum atomic E-state index is 11.5. The monoisotopic (exact) mass is 619 g/mol. The van der Waals surface area contributed by atoms with Crippen molar-refractivity contribution in [2.75, 3.05) is 39.4 Å². The molecule has 0 saturated carbocycles. The van der Waals surface area contributed by atoms with Crippen LogP contribution < -0.4 is 26.6 Å². The largest absolute Gasteiger partial charge is 0.481 e. The summed E-state index contributed by atoms with van der Waals surface area (Å²) in [4.78, 5) is 55.2. The van der Waals surface area contributed by atoms with Gasteiger partial charge in [0.1, 0.15) is 18.1 Å². The highest BCUT2D eigenvalue weighted by atomic mass is 16.4. The molecule has 43 heavy (non-hydrogen) atoms. The molecule has 0 aromatic carbocycles. The van der Waals surface area contributed by atoms with Crippen molar-refractivity contribution in [3.63, 3.8) is 0 Å². The van der Waals surface area contributed by atoms with Crippen LogP contribution in [-0.4, -0.2) is 113 Å². The van der Waals surface area contributed by atoms with Gasteiger partial charge in [-0.3, -0.25) is 34.6 Å². The molecule has 10 N–H and O–H groups in total. The molecule has 15 heteroatoms. The van der Waals surface area contributed by atoms with Crippen LogP contribution in [0.15, 0.2) is 0 Å². The molecule has 250 valence electrons. The highest BCUT2D eigenvalue weighted by Gasteiger charge is 2.20. The molecule has 0 amide bonds. The van der Waals surface area contributed by atoms with Gasteiger partial charge in [0, 0.05) is 13.1 Å². The van der Waals surface area contributed by atoms with Crippen molar-refractivity contribution in [2.24, 2.45) is 0 Å². The minimum Gasteiger partial charge on any atom is -0.481 e. The Balaban J connectivity index is 3.74. The predicted octanol–water partition coefficient (Wildman–Crippen LogP) is 0.882. The molecule has 0 aliphatic heterocycles. The first kappa shape index (κ1) is 40.1. The zero-order chi connectivity index (χ0) is 32.3. The van der Waals surface area contributed by atoms with Crippen LogP contribution in [0.4, 0.5) is 0 Å². The zero-order valence-corrected chi connectivity index (χ0v) is 25.2. The normalized spacial score (nSPS) is 13.3. The Morgan fingerprint density at radius 2 is 0.860 bits per heavy atom. The van der Waals surface area contributed by atoms with Gasteiger partial charge >= 0.3 is 29.8 Å². The second kappa shape index (κ2) is 26.8. The van der Waals surface area contributed by atoms with Gasteiger partial charge in [0.05, 0.1) is 6.54 Å². The Hall–Kier alpha value is -2.85. The van der Waals surface area contributed by atoms with E-state index in [1.807, 2.05) is 0 Å². The molecule has 0 bridgehead atoms. The second-order valence-corrected chi connectivity index (χ2v) is 10.6. The Bertz CT molecular complexity index is 802. The number of rotatable bonds is 32. The number of unbranched alkanes of at least 4 members (excludes halogenated alkanes) is 7. The minimum atomic E-state index is -1.19. The van der Waals surface area contributed by atoms with Crippen LogP contribution in [0.2, 0.25) is 0 Å². The van der Waals surface area contributed by atoms with Gasteiger partial charge < -0.3 is 41.5 Å². The van der Waals surface area contributed by atoms with Crippen LogP contribution in [0.5, 0.6) is 0 Å². The third-order valence-corrected chi connectivity index (χ3v) is 6.88. The van der Waals surface area contributed by atoms with E-state index in [4.69, 9.17) is 15.3 Å². The molecule has 0 heterocycles. The van der Waals surface area contributed by atoms with E-state index in [9.17, 15) is 34.2 Å². The van der Waals surface area contributed by atoms with E-state index in [0.29, 0.717) is 38.8 Å². The lowest BCUT2D eigenvalue weighted by Gasteiger charge is -2.18. The van der Waals surface area contributed by atoms with Crippen molar-refractivity contribution >= 4 is 29.8 Å². The van der Waals surface area contributed by atoms with Crippen LogP contribution >= 0.6 is 0 Å². The molecule has 0 aromatic heterocycles. The van der Waals surface area contributed by atoms with Crippen molar-refractivity contribution in [3.8, 4) is 0 Å². The predicted molar refractivity (Wildman–Crippen MR) is 159 cm³/mol. The van der Waals surface area contributed by atoms with Gasteiger partial charge in [0.15, 0.2) is 0 Å². The summed E-state index contributed by atoms with van der Waals surface area (Å²) in [7, 11) is 0. The lowest BCUT2D eigenvalue weighted by Crippen LogP contribution is -2.47. The van der Waals surface area contributed by atoms with Crippen molar-refractivity contribution in [3.05, 3.63) is 0 Å². The smallest absolute Gasteiger partial charge is 0.320 e. The van der Waals surface area contributed by atoms with Gasteiger partial charge in [-0.05, 0) is 71.1 Å². The number of carbonyl (C=O) groups is 5. The maximum absolute atomic E-state index is 11.5. The molecule has 0 aliphatic carbocycles. The lowest BCUT2D eigenvalue weighted by molar-refractivity contribution is -0.141. The number of carboxylic acid groups (broad SMARTS) is 5. The van der Waals surface area contributed by atoms with Crippen molar-refractivity contribution < 1.29 is 49.5 Å². The Morgan fingerprint density at radius 1 is 0.442 bits per heavy atom. The molecule has 0 rings (SSSR count). The number of hydrogen-bond donors (Lipinski definition) is 10. The molecule has 0 aromatic rings. The third kappa shape index (κ3) is 25.4. The van der Waals surface area contributed by atoms with E-state index in [1.165, 1.54) is 0 Å². The fourth-order valence-electron chi connectivity index (χ4n) is 4.39. The fourth-order valence-corrected chi connectivity index (χ4v) is 4.39. The summed E-state index contributed by atoms with van der Waals surface area (Å²) in [5.41, 5.74) is 0. The van der Waals surface area contributed by atoms with E-state index in [1.54, 1.807) is 0 Å². The minimum absolute atomic E-state index is 0.0535. The SMILES string of the molecule is O=C(O)CCC(NCNC(CCCCNCCCCCCCCNC(CCCCNCC(=O)O)C(=O)O)C(=O)O)C(=O)O. The molecular weight excluding hydrogens is 566 g/mol. The molecule has 0 aliphatic rings. The Labute approximate surface area is 253 Å². The van der Waals surface area contributed by atoms with Crippen molar-refractivity contribution in [2.45, 2.75) is 108 Å². The van der Waals surface area contributed by atoms with E-state index in [0.717, 1.165) is 64.5 Å². The van der Waals surface area contributed by atoms with Crippen LogP contribution in [0, 0.1) is 0 Å². The average molecular weight is 620 g/mol. The Kier molecular flexibility index (Phi) is 25.0. The van der Waals surface area contributed by atoms with Crippen LogP contribution in [0.1, 0.15) is 89.9 Å². The molecule has 0 radical (unpaired) electrons. The van der Waals surface area contributed by atoms with E-state index in [-0.39, 0.29) is 26.1 Å². The molecule has 0 saturated heterocycles. The molecule has 0 spiro atoms. The quantitative estimate of drug-likeness (QED) is 0.0371.